The first-order valence-electron chi connectivity index (χ1n) is 9.80. The first-order chi connectivity index (χ1) is 15.6. The Morgan fingerprint density at radius 3 is 2.31 bits per heavy atom. The van der Waals surface area contributed by atoms with Crippen molar-refractivity contribution in [3.63, 3.8) is 0 Å². The molecule has 0 aliphatic carbocycles. The maximum Gasteiger partial charge on any atom is 0.257 e. The molecule has 5 aromatic rings. The number of rotatable bonds is 3. The summed E-state index contributed by atoms with van der Waals surface area (Å²) in [4.78, 5) is 14.2. The lowest BCUT2D eigenvalue weighted by molar-refractivity contribution is 0.0978. The van der Waals surface area contributed by atoms with Crippen molar-refractivity contribution < 1.29 is 4.79 Å². The number of para-hydroxylation sites is 1. The number of aromatic nitrogens is 3. The Labute approximate surface area is 193 Å². The number of carbonyl (C=O) groups excluding carboxylic acids is 1. The lowest BCUT2D eigenvalue weighted by Gasteiger charge is -2.11. The second-order valence-electron chi connectivity index (χ2n) is 7.12. The second kappa shape index (κ2) is 8.37. The first-order valence-corrected chi connectivity index (χ1v) is 10.6. The van der Waals surface area contributed by atoms with Gasteiger partial charge in [-0.25, -0.2) is 0 Å². The molecule has 0 bridgehead atoms. The Morgan fingerprint density at radius 2 is 1.53 bits per heavy atom. The minimum atomic E-state index is -0.305. The molecule has 8 heteroatoms. The van der Waals surface area contributed by atoms with E-state index in [-0.39, 0.29) is 11.0 Å². The van der Waals surface area contributed by atoms with Crippen LogP contribution in [0.3, 0.4) is 0 Å². The molecule has 0 radical (unpaired) electrons. The van der Waals surface area contributed by atoms with E-state index in [1.54, 1.807) is 23.0 Å². The standard InChI is InChI=1S/C24H16ClN5OS/c25-19-13-21-22(29-30(28-21)18-8-2-1-3-9-18)14-20(19)26-24(32)27-23(31)17-11-10-15-6-4-5-7-16(15)12-17/h1-14H,(H2,26,27,31,32). The summed E-state index contributed by atoms with van der Waals surface area (Å²) >= 11 is 11.7. The minimum Gasteiger partial charge on any atom is -0.331 e. The molecule has 0 unspecified atom stereocenters. The van der Waals surface area contributed by atoms with Gasteiger partial charge in [0.2, 0.25) is 0 Å². The fourth-order valence-electron chi connectivity index (χ4n) is 3.37. The highest BCUT2D eigenvalue weighted by Crippen LogP contribution is 2.27. The summed E-state index contributed by atoms with van der Waals surface area (Å²) in [5, 5.41) is 17.2. The molecular weight excluding hydrogens is 442 g/mol. The van der Waals surface area contributed by atoms with E-state index in [1.807, 2.05) is 66.7 Å². The molecule has 6 nitrogen and oxygen atoms in total. The molecule has 0 saturated carbocycles. The van der Waals surface area contributed by atoms with E-state index in [0.717, 1.165) is 16.5 Å². The van der Waals surface area contributed by atoms with E-state index < -0.39 is 0 Å². The maximum absolute atomic E-state index is 12.6. The molecule has 2 N–H and O–H groups in total. The summed E-state index contributed by atoms with van der Waals surface area (Å²) in [6.07, 6.45) is 0. The Kier molecular flexibility index (Phi) is 5.26. The smallest absolute Gasteiger partial charge is 0.257 e. The van der Waals surface area contributed by atoms with Gasteiger partial charge in [0, 0.05) is 5.56 Å². The van der Waals surface area contributed by atoms with Gasteiger partial charge in [-0.1, -0.05) is 60.1 Å². The number of benzene rings is 4. The van der Waals surface area contributed by atoms with Gasteiger partial charge in [-0.3, -0.25) is 10.1 Å². The van der Waals surface area contributed by atoms with Gasteiger partial charge in [0.25, 0.3) is 5.91 Å². The van der Waals surface area contributed by atoms with E-state index >= 15 is 0 Å². The molecule has 4 aromatic carbocycles. The van der Waals surface area contributed by atoms with Gasteiger partial charge in [0.05, 0.1) is 16.4 Å². The summed E-state index contributed by atoms with van der Waals surface area (Å²) in [6.45, 7) is 0. The lowest BCUT2D eigenvalue weighted by Crippen LogP contribution is -2.34. The number of amides is 1. The zero-order valence-electron chi connectivity index (χ0n) is 16.6. The number of nitrogens with one attached hydrogen (secondary N) is 2. The molecule has 156 valence electrons. The van der Waals surface area contributed by atoms with Gasteiger partial charge in [-0.2, -0.15) is 4.80 Å². The van der Waals surface area contributed by atoms with Crippen LogP contribution in [-0.2, 0) is 0 Å². The van der Waals surface area contributed by atoms with Gasteiger partial charge >= 0.3 is 0 Å². The molecule has 0 aliphatic rings. The van der Waals surface area contributed by atoms with Crippen molar-refractivity contribution in [2.45, 2.75) is 0 Å². The van der Waals surface area contributed by atoms with Crippen LogP contribution in [0, 0.1) is 0 Å². The van der Waals surface area contributed by atoms with Crippen LogP contribution in [0.25, 0.3) is 27.5 Å². The van der Waals surface area contributed by atoms with Crippen molar-refractivity contribution >= 4 is 62.3 Å². The molecule has 32 heavy (non-hydrogen) atoms. The van der Waals surface area contributed by atoms with Crippen molar-refractivity contribution in [3.05, 3.63) is 95.5 Å². The molecule has 0 aliphatic heterocycles. The molecule has 0 fully saturated rings. The van der Waals surface area contributed by atoms with E-state index in [0.29, 0.717) is 27.3 Å². The second-order valence-corrected chi connectivity index (χ2v) is 7.93. The lowest BCUT2D eigenvalue weighted by atomic mass is 10.1. The van der Waals surface area contributed by atoms with Crippen molar-refractivity contribution in [2.24, 2.45) is 0 Å². The zero-order valence-corrected chi connectivity index (χ0v) is 18.2. The van der Waals surface area contributed by atoms with Crippen LogP contribution in [0.2, 0.25) is 5.02 Å². The third-order valence-electron chi connectivity index (χ3n) is 4.94. The largest absolute Gasteiger partial charge is 0.331 e. The third kappa shape index (κ3) is 4.03. The van der Waals surface area contributed by atoms with Gasteiger partial charge in [0.15, 0.2) is 5.11 Å². The van der Waals surface area contributed by atoms with Crippen LogP contribution in [0.15, 0.2) is 84.9 Å². The van der Waals surface area contributed by atoms with Crippen LogP contribution in [-0.4, -0.2) is 26.0 Å². The average Bonchev–Trinajstić information content (AvgIpc) is 3.22. The van der Waals surface area contributed by atoms with Crippen LogP contribution in [0.5, 0.6) is 0 Å². The third-order valence-corrected chi connectivity index (χ3v) is 5.46. The quantitative estimate of drug-likeness (QED) is 0.357. The molecule has 0 spiro atoms. The molecule has 0 saturated heterocycles. The number of nitrogens with zero attached hydrogens (tertiary/aromatic N) is 3. The fraction of sp³-hybridized carbons (Fsp3) is 0. The van der Waals surface area contributed by atoms with Crippen molar-refractivity contribution in [3.8, 4) is 5.69 Å². The average molecular weight is 458 g/mol. The number of hydrogen-bond donors (Lipinski definition) is 2. The Balaban J connectivity index is 1.34. The summed E-state index contributed by atoms with van der Waals surface area (Å²) in [5.74, 6) is -0.305. The molecule has 1 heterocycles. The van der Waals surface area contributed by atoms with Crippen LogP contribution in [0.1, 0.15) is 10.4 Å². The number of anilines is 1. The highest BCUT2D eigenvalue weighted by Gasteiger charge is 2.13. The molecular formula is C24H16ClN5OS. The Bertz CT molecular complexity index is 1480. The number of thiocarbonyl (C=S) groups is 1. The minimum absolute atomic E-state index is 0.139. The molecule has 5 rings (SSSR count). The van der Waals surface area contributed by atoms with E-state index in [1.165, 1.54) is 0 Å². The van der Waals surface area contributed by atoms with Gasteiger partial charge in [-0.15, -0.1) is 10.2 Å². The van der Waals surface area contributed by atoms with Gasteiger partial charge < -0.3 is 5.32 Å². The fourth-order valence-corrected chi connectivity index (χ4v) is 3.78. The van der Waals surface area contributed by atoms with Gasteiger partial charge in [-0.05, 0) is 59.4 Å². The Morgan fingerprint density at radius 1 is 0.844 bits per heavy atom. The Hall–Kier alpha value is -3.81. The topological polar surface area (TPSA) is 71.8 Å². The van der Waals surface area contributed by atoms with Crippen molar-refractivity contribution in [2.75, 3.05) is 5.32 Å². The van der Waals surface area contributed by atoms with E-state index in [9.17, 15) is 4.79 Å². The first kappa shape index (κ1) is 20.1. The predicted octanol–water partition coefficient (Wildman–Crippen LogP) is 5.35. The van der Waals surface area contributed by atoms with E-state index in [4.69, 9.17) is 23.8 Å². The van der Waals surface area contributed by atoms with Crippen LogP contribution < -0.4 is 10.6 Å². The number of carbonyl (C=O) groups is 1. The summed E-state index contributed by atoms with van der Waals surface area (Å²) in [5.41, 5.74) is 3.18. The summed E-state index contributed by atoms with van der Waals surface area (Å²) in [7, 11) is 0. The normalized spacial score (nSPS) is 10.9. The predicted molar refractivity (Wildman–Crippen MR) is 132 cm³/mol. The van der Waals surface area contributed by atoms with Gasteiger partial charge in [0.1, 0.15) is 11.0 Å². The molecule has 1 amide bonds. The number of hydrogen-bond acceptors (Lipinski definition) is 4. The maximum atomic E-state index is 12.6. The van der Waals surface area contributed by atoms with Crippen LogP contribution >= 0.6 is 23.8 Å². The van der Waals surface area contributed by atoms with Crippen LogP contribution in [0.4, 0.5) is 5.69 Å². The van der Waals surface area contributed by atoms with E-state index in [2.05, 4.69) is 20.8 Å². The summed E-state index contributed by atoms with van der Waals surface area (Å²) < 4.78 is 0. The number of halogens is 1. The molecule has 1 aromatic heterocycles. The number of fused-ring (bicyclic) bond motifs is 2. The van der Waals surface area contributed by atoms with Crippen molar-refractivity contribution in [1.82, 2.24) is 20.3 Å². The highest BCUT2D eigenvalue weighted by atomic mass is 35.5. The monoisotopic (exact) mass is 457 g/mol. The summed E-state index contributed by atoms with van der Waals surface area (Å²) in [6, 6.07) is 26.4. The SMILES string of the molecule is O=C(NC(=S)Nc1cc2nn(-c3ccccc3)nc2cc1Cl)c1ccc2ccccc2c1. The highest BCUT2D eigenvalue weighted by molar-refractivity contribution is 7.80. The molecule has 0 atom stereocenters. The zero-order chi connectivity index (χ0) is 22.1. The van der Waals surface area contributed by atoms with Crippen molar-refractivity contribution in [1.29, 1.82) is 0 Å².